The van der Waals surface area contributed by atoms with Crippen LogP contribution < -0.4 is 4.90 Å². The maximum Gasteiger partial charge on any atom is 0.168 e. The monoisotopic (exact) mass is 327 g/mol. The van der Waals surface area contributed by atoms with E-state index in [2.05, 4.69) is 50.3 Å². The standard InChI is InChI=1S/C20H17N5/c1-3-7-15(8-4-1)18-11-12-24(18)19-17-13-23-25(20(17)22-14-21-19)16-9-5-2-6-10-16/h1-10,13-14,18H,11-12H2/t18-/m1/s1. The number of hydrogen-bond acceptors (Lipinski definition) is 4. The van der Waals surface area contributed by atoms with Crippen LogP contribution in [0.25, 0.3) is 16.7 Å². The number of anilines is 1. The maximum atomic E-state index is 4.57. The molecule has 5 rings (SSSR count). The van der Waals surface area contributed by atoms with Gasteiger partial charge in [-0.25, -0.2) is 14.6 Å². The Kier molecular flexibility index (Phi) is 3.23. The molecule has 0 N–H and O–H groups in total. The van der Waals surface area contributed by atoms with Crippen LogP contribution in [0.4, 0.5) is 5.82 Å². The lowest BCUT2D eigenvalue weighted by atomic mass is 9.94. The van der Waals surface area contributed by atoms with Crippen molar-refractivity contribution in [1.29, 1.82) is 0 Å². The fourth-order valence-electron chi connectivity index (χ4n) is 3.48. The van der Waals surface area contributed by atoms with Crippen LogP contribution in [0.3, 0.4) is 0 Å². The van der Waals surface area contributed by atoms with Crippen LogP contribution >= 0.6 is 0 Å². The molecule has 0 saturated carbocycles. The highest BCUT2D eigenvalue weighted by Crippen LogP contribution is 2.39. The minimum absolute atomic E-state index is 0.374. The topological polar surface area (TPSA) is 46.8 Å². The van der Waals surface area contributed by atoms with Gasteiger partial charge in [-0.3, -0.25) is 0 Å². The van der Waals surface area contributed by atoms with Crippen LogP contribution in [0, 0.1) is 0 Å². The third-order valence-electron chi connectivity index (χ3n) is 4.82. The molecular weight excluding hydrogens is 310 g/mol. The summed E-state index contributed by atoms with van der Waals surface area (Å²) in [6, 6.07) is 21.1. The van der Waals surface area contributed by atoms with E-state index in [1.807, 2.05) is 41.2 Å². The molecule has 1 atom stereocenters. The summed E-state index contributed by atoms with van der Waals surface area (Å²) < 4.78 is 1.87. The van der Waals surface area contributed by atoms with E-state index in [-0.39, 0.29) is 0 Å². The second kappa shape index (κ2) is 5.70. The molecule has 2 aromatic carbocycles. The molecule has 5 nitrogen and oxygen atoms in total. The zero-order valence-corrected chi connectivity index (χ0v) is 13.7. The lowest BCUT2D eigenvalue weighted by Crippen LogP contribution is -2.41. The molecule has 0 spiro atoms. The Bertz CT molecular complexity index is 1010. The quantitative estimate of drug-likeness (QED) is 0.575. The molecule has 1 aliphatic rings. The second-order valence-corrected chi connectivity index (χ2v) is 6.24. The fourth-order valence-corrected chi connectivity index (χ4v) is 3.48. The molecule has 0 unspecified atom stereocenters. The van der Waals surface area contributed by atoms with Gasteiger partial charge in [-0.15, -0.1) is 0 Å². The van der Waals surface area contributed by atoms with E-state index in [0.29, 0.717) is 6.04 Å². The number of nitrogens with zero attached hydrogens (tertiary/aromatic N) is 5. The highest BCUT2D eigenvalue weighted by atomic mass is 15.3. The van der Waals surface area contributed by atoms with Crippen molar-refractivity contribution in [3.05, 3.63) is 78.8 Å². The summed E-state index contributed by atoms with van der Waals surface area (Å²) in [7, 11) is 0. The van der Waals surface area contributed by atoms with Crippen LogP contribution in [0.1, 0.15) is 18.0 Å². The molecule has 3 heterocycles. The van der Waals surface area contributed by atoms with Crippen molar-refractivity contribution in [2.45, 2.75) is 12.5 Å². The summed E-state index contributed by atoms with van der Waals surface area (Å²) >= 11 is 0. The van der Waals surface area contributed by atoms with Crippen LogP contribution in [0.5, 0.6) is 0 Å². The van der Waals surface area contributed by atoms with Gasteiger partial charge in [0.2, 0.25) is 0 Å². The van der Waals surface area contributed by atoms with Crippen LogP contribution in [-0.2, 0) is 0 Å². The molecule has 5 heteroatoms. The van der Waals surface area contributed by atoms with E-state index in [9.17, 15) is 0 Å². The fraction of sp³-hybridized carbons (Fsp3) is 0.150. The molecule has 0 amide bonds. The highest BCUT2D eigenvalue weighted by Gasteiger charge is 2.32. The van der Waals surface area contributed by atoms with E-state index < -0.39 is 0 Å². The third-order valence-corrected chi connectivity index (χ3v) is 4.82. The normalized spacial score (nSPS) is 16.8. The van der Waals surface area contributed by atoms with Crippen molar-refractivity contribution in [3.8, 4) is 5.69 Å². The smallest absolute Gasteiger partial charge is 0.168 e. The lowest BCUT2D eigenvalue weighted by molar-refractivity contribution is 0.462. The van der Waals surface area contributed by atoms with Crippen molar-refractivity contribution >= 4 is 16.9 Å². The Morgan fingerprint density at radius 1 is 0.880 bits per heavy atom. The third kappa shape index (κ3) is 2.28. The summed E-state index contributed by atoms with van der Waals surface area (Å²) in [6.45, 7) is 1.00. The zero-order valence-electron chi connectivity index (χ0n) is 13.7. The van der Waals surface area contributed by atoms with Gasteiger partial charge in [-0.05, 0) is 24.1 Å². The van der Waals surface area contributed by atoms with Gasteiger partial charge >= 0.3 is 0 Å². The van der Waals surface area contributed by atoms with E-state index in [0.717, 1.165) is 35.5 Å². The van der Waals surface area contributed by atoms with Gasteiger partial charge in [0, 0.05) is 6.54 Å². The molecule has 2 aromatic heterocycles. The SMILES string of the molecule is c1ccc([C@H]2CCN2c2ncnc3c2cnn3-c2ccccc2)cc1. The molecule has 0 radical (unpaired) electrons. The first-order valence-electron chi connectivity index (χ1n) is 8.47. The predicted molar refractivity (Wildman–Crippen MR) is 97.8 cm³/mol. The number of benzene rings is 2. The van der Waals surface area contributed by atoms with Gasteiger partial charge < -0.3 is 4.90 Å². The number of rotatable bonds is 3. The Hall–Kier alpha value is -3.21. The number of aromatic nitrogens is 4. The van der Waals surface area contributed by atoms with Crippen molar-refractivity contribution in [2.24, 2.45) is 0 Å². The van der Waals surface area contributed by atoms with Crippen molar-refractivity contribution in [3.63, 3.8) is 0 Å². The Labute approximate surface area is 145 Å². The minimum atomic E-state index is 0.374. The van der Waals surface area contributed by atoms with Gasteiger partial charge in [0.1, 0.15) is 12.1 Å². The molecule has 1 aliphatic heterocycles. The highest BCUT2D eigenvalue weighted by molar-refractivity contribution is 5.88. The molecule has 1 saturated heterocycles. The number of hydrogen-bond donors (Lipinski definition) is 0. The summed E-state index contributed by atoms with van der Waals surface area (Å²) in [5.74, 6) is 0.965. The van der Waals surface area contributed by atoms with E-state index in [4.69, 9.17) is 0 Å². The molecule has 0 bridgehead atoms. The Morgan fingerprint density at radius 2 is 1.64 bits per heavy atom. The minimum Gasteiger partial charge on any atom is -0.349 e. The van der Waals surface area contributed by atoms with E-state index in [1.165, 1.54) is 5.56 Å². The van der Waals surface area contributed by atoms with Crippen molar-refractivity contribution in [2.75, 3.05) is 11.4 Å². The van der Waals surface area contributed by atoms with Crippen LogP contribution in [0.2, 0.25) is 0 Å². The van der Waals surface area contributed by atoms with Gasteiger partial charge in [0.05, 0.1) is 23.3 Å². The van der Waals surface area contributed by atoms with Crippen LogP contribution in [0.15, 0.2) is 73.2 Å². The van der Waals surface area contributed by atoms with Crippen LogP contribution in [-0.4, -0.2) is 26.3 Å². The average Bonchev–Trinajstić information content (AvgIpc) is 3.08. The Balaban J connectivity index is 1.58. The maximum absolute atomic E-state index is 4.57. The predicted octanol–water partition coefficient (Wildman–Crippen LogP) is 3.77. The summed E-state index contributed by atoms with van der Waals surface area (Å²) in [5, 5.41) is 5.54. The molecule has 0 aliphatic carbocycles. The lowest BCUT2D eigenvalue weighted by Gasteiger charge is -2.42. The molecule has 4 aromatic rings. The first-order valence-corrected chi connectivity index (χ1v) is 8.47. The van der Waals surface area contributed by atoms with E-state index >= 15 is 0 Å². The van der Waals surface area contributed by atoms with Gasteiger partial charge in [-0.2, -0.15) is 5.10 Å². The molecule has 122 valence electrons. The van der Waals surface area contributed by atoms with Gasteiger partial charge in [-0.1, -0.05) is 48.5 Å². The molecule has 1 fully saturated rings. The average molecular weight is 327 g/mol. The number of fused-ring (bicyclic) bond motifs is 1. The number of para-hydroxylation sites is 1. The summed E-state index contributed by atoms with van der Waals surface area (Å²) in [6.07, 6.45) is 4.65. The van der Waals surface area contributed by atoms with Crippen molar-refractivity contribution in [1.82, 2.24) is 19.7 Å². The Morgan fingerprint density at radius 3 is 2.36 bits per heavy atom. The second-order valence-electron chi connectivity index (χ2n) is 6.24. The molecular formula is C20H17N5. The zero-order chi connectivity index (χ0) is 16.6. The summed E-state index contributed by atoms with van der Waals surface area (Å²) in [5.41, 5.74) is 3.18. The first-order chi connectivity index (χ1) is 12.4. The van der Waals surface area contributed by atoms with Gasteiger partial charge in [0.25, 0.3) is 0 Å². The first kappa shape index (κ1) is 14.2. The van der Waals surface area contributed by atoms with Crippen molar-refractivity contribution < 1.29 is 0 Å². The van der Waals surface area contributed by atoms with E-state index in [1.54, 1.807) is 6.33 Å². The summed E-state index contributed by atoms with van der Waals surface area (Å²) in [4.78, 5) is 11.4. The largest absolute Gasteiger partial charge is 0.349 e. The van der Waals surface area contributed by atoms with Gasteiger partial charge in [0.15, 0.2) is 5.65 Å². The molecule has 25 heavy (non-hydrogen) atoms.